The lowest BCUT2D eigenvalue weighted by Crippen LogP contribution is -2.18. The van der Waals surface area contributed by atoms with Crippen LogP contribution in [0.25, 0.3) is 0 Å². The fraction of sp³-hybridized carbons (Fsp3) is 0.0588. The number of anilines is 1. The largest absolute Gasteiger partial charge is 0.449 e. The lowest BCUT2D eigenvalue weighted by molar-refractivity contribution is -0.383. The molecule has 1 amide bonds. The number of halogens is 1. The molecule has 1 N–H and O–H groups in total. The van der Waals surface area contributed by atoms with Crippen molar-refractivity contribution in [3.8, 4) is 12.3 Å². The van der Waals surface area contributed by atoms with Crippen LogP contribution in [0.3, 0.4) is 0 Å². The van der Waals surface area contributed by atoms with E-state index in [0.717, 1.165) is 6.07 Å². The minimum Gasteiger partial charge on any atom is -0.449 e. The summed E-state index contributed by atoms with van der Waals surface area (Å²) in [6.45, 7) is -0.239. The normalized spacial score (nSPS) is 9.76. The van der Waals surface area contributed by atoms with Gasteiger partial charge in [0.25, 0.3) is 11.6 Å². The number of nitrogens with one attached hydrogen (secondary N) is 1. The standard InChI is InChI=1S/C17H11ClN2O5/c1-2-9-25-17(22)13-6-4-3-5-12(13)16(21)19-14-8-7-11(18)10-15(14)20(23)24/h1,3-8,10H,9H2,(H,19,21). The van der Waals surface area contributed by atoms with Crippen LogP contribution in [0.5, 0.6) is 0 Å². The molecule has 0 fully saturated rings. The van der Waals surface area contributed by atoms with E-state index < -0.39 is 16.8 Å². The first-order chi connectivity index (χ1) is 11.9. The minimum absolute atomic E-state index is 0.00577. The predicted molar refractivity (Wildman–Crippen MR) is 91.6 cm³/mol. The second-order valence-corrected chi connectivity index (χ2v) is 5.13. The number of hydrogen-bond donors (Lipinski definition) is 1. The molecule has 0 radical (unpaired) electrons. The number of amides is 1. The summed E-state index contributed by atoms with van der Waals surface area (Å²) in [5.74, 6) is 0.672. The van der Waals surface area contributed by atoms with Gasteiger partial charge in [0, 0.05) is 11.1 Å². The van der Waals surface area contributed by atoms with Crippen LogP contribution in [0.4, 0.5) is 11.4 Å². The molecule has 0 aliphatic carbocycles. The summed E-state index contributed by atoms with van der Waals surface area (Å²) < 4.78 is 4.82. The van der Waals surface area contributed by atoms with Gasteiger partial charge in [-0.1, -0.05) is 29.7 Å². The van der Waals surface area contributed by atoms with Gasteiger partial charge in [-0.05, 0) is 24.3 Å². The number of terminal acetylenes is 1. The van der Waals surface area contributed by atoms with Crippen molar-refractivity contribution >= 4 is 34.9 Å². The third kappa shape index (κ3) is 4.34. The van der Waals surface area contributed by atoms with Crippen molar-refractivity contribution in [2.75, 3.05) is 11.9 Å². The maximum Gasteiger partial charge on any atom is 0.339 e. The number of carbonyl (C=O) groups excluding carboxylic acids is 2. The van der Waals surface area contributed by atoms with Gasteiger partial charge < -0.3 is 10.1 Å². The summed E-state index contributed by atoms with van der Waals surface area (Å²) in [6.07, 6.45) is 5.03. The second kappa shape index (κ2) is 7.95. The van der Waals surface area contributed by atoms with Gasteiger partial charge in [-0.3, -0.25) is 14.9 Å². The highest BCUT2D eigenvalue weighted by atomic mass is 35.5. The molecule has 7 nitrogen and oxygen atoms in total. The van der Waals surface area contributed by atoms with Crippen molar-refractivity contribution in [1.29, 1.82) is 0 Å². The van der Waals surface area contributed by atoms with E-state index in [1.165, 1.54) is 24.3 Å². The Kier molecular flexibility index (Phi) is 5.71. The molecule has 0 saturated heterocycles. The summed E-state index contributed by atoms with van der Waals surface area (Å²) >= 11 is 5.74. The van der Waals surface area contributed by atoms with Gasteiger partial charge in [0.15, 0.2) is 6.61 Å². The zero-order chi connectivity index (χ0) is 18.4. The lowest BCUT2D eigenvalue weighted by atomic mass is 10.1. The van der Waals surface area contributed by atoms with Crippen molar-refractivity contribution in [1.82, 2.24) is 0 Å². The third-order valence-corrected chi connectivity index (χ3v) is 3.32. The second-order valence-electron chi connectivity index (χ2n) is 4.70. The van der Waals surface area contributed by atoms with E-state index in [0.29, 0.717) is 0 Å². The highest BCUT2D eigenvalue weighted by molar-refractivity contribution is 6.31. The Balaban J connectivity index is 2.33. The molecule has 0 aromatic heterocycles. The third-order valence-electron chi connectivity index (χ3n) is 3.08. The summed E-state index contributed by atoms with van der Waals surface area (Å²) in [5, 5.41) is 13.6. The van der Waals surface area contributed by atoms with Crippen LogP contribution in [0, 0.1) is 22.5 Å². The quantitative estimate of drug-likeness (QED) is 0.382. The number of rotatable bonds is 5. The Hall–Kier alpha value is -3.37. The van der Waals surface area contributed by atoms with Gasteiger partial charge >= 0.3 is 5.97 Å². The SMILES string of the molecule is C#CCOC(=O)c1ccccc1C(=O)Nc1ccc(Cl)cc1[N+](=O)[O-]. The van der Waals surface area contributed by atoms with Gasteiger partial charge in [-0.2, -0.15) is 0 Å². The van der Waals surface area contributed by atoms with E-state index in [1.807, 2.05) is 0 Å². The minimum atomic E-state index is -0.769. The lowest BCUT2D eigenvalue weighted by Gasteiger charge is -2.10. The number of hydrogen-bond acceptors (Lipinski definition) is 5. The molecule has 126 valence electrons. The molecule has 0 aliphatic rings. The molecular weight excluding hydrogens is 348 g/mol. The van der Waals surface area contributed by atoms with Gasteiger partial charge in [0.05, 0.1) is 16.1 Å². The molecule has 0 saturated carbocycles. The van der Waals surface area contributed by atoms with Crippen LogP contribution in [-0.2, 0) is 4.74 Å². The van der Waals surface area contributed by atoms with Gasteiger partial charge in [-0.25, -0.2) is 4.79 Å². The summed E-state index contributed by atoms with van der Waals surface area (Å²) in [5.41, 5.74) is -0.430. The zero-order valence-corrected chi connectivity index (χ0v) is 13.4. The van der Waals surface area contributed by atoms with Crippen molar-refractivity contribution in [2.24, 2.45) is 0 Å². The number of benzene rings is 2. The molecule has 8 heteroatoms. The van der Waals surface area contributed by atoms with E-state index in [2.05, 4.69) is 11.2 Å². The highest BCUT2D eigenvalue weighted by Crippen LogP contribution is 2.28. The Labute approximate surface area is 147 Å². The topological polar surface area (TPSA) is 98.5 Å². The van der Waals surface area contributed by atoms with Crippen LogP contribution in [0.2, 0.25) is 5.02 Å². The number of nitro benzene ring substituents is 1. The monoisotopic (exact) mass is 358 g/mol. The first-order valence-corrected chi connectivity index (χ1v) is 7.26. The Morgan fingerprint density at radius 3 is 2.56 bits per heavy atom. The number of esters is 1. The van der Waals surface area contributed by atoms with Crippen LogP contribution in [-0.4, -0.2) is 23.4 Å². The van der Waals surface area contributed by atoms with E-state index in [-0.39, 0.29) is 34.1 Å². The van der Waals surface area contributed by atoms with Crippen molar-refractivity contribution < 1.29 is 19.2 Å². The maximum atomic E-state index is 12.5. The van der Waals surface area contributed by atoms with Crippen molar-refractivity contribution in [3.05, 3.63) is 68.7 Å². The first-order valence-electron chi connectivity index (χ1n) is 6.89. The molecule has 0 spiro atoms. The molecule has 0 heterocycles. The Morgan fingerprint density at radius 1 is 1.24 bits per heavy atom. The average molecular weight is 359 g/mol. The number of carbonyl (C=O) groups is 2. The molecule has 2 aromatic rings. The van der Waals surface area contributed by atoms with Crippen molar-refractivity contribution in [3.63, 3.8) is 0 Å². The van der Waals surface area contributed by atoms with Gasteiger partial charge in [0.1, 0.15) is 5.69 Å². The van der Waals surface area contributed by atoms with E-state index >= 15 is 0 Å². The van der Waals surface area contributed by atoms with E-state index in [4.69, 9.17) is 22.8 Å². The number of ether oxygens (including phenoxy) is 1. The predicted octanol–water partition coefficient (Wildman–Crippen LogP) is 3.29. The molecule has 0 aliphatic heterocycles. The molecule has 0 atom stereocenters. The van der Waals surface area contributed by atoms with Crippen LogP contribution in [0.1, 0.15) is 20.7 Å². The number of nitro groups is 1. The van der Waals surface area contributed by atoms with Crippen LogP contribution < -0.4 is 5.32 Å². The smallest absolute Gasteiger partial charge is 0.339 e. The summed E-state index contributed by atoms with van der Waals surface area (Å²) in [6, 6.07) is 9.70. The molecule has 0 unspecified atom stereocenters. The van der Waals surface area contributed by atoms with Crippen LogP contribution in [0.15, 0.2) is 42.5 Å². The Morgan fingerprint density at radius 2 is 1.92 bits per heavy atom. The maximum absolute atomic E-state index is 12.5. The Bertz CT molecular complexity index is 889. The van der Waals surface area contributed by atoms with Crippen LogP contribution >= 0.6 is 11.6 Å². The average Bonchev–Trinajstić information content (AvgIpc) is 2.60. The fourth-order valence-electron chi connectivity index (χ4n) is 2.00. The fourth-order valence-corrected chi connectivity index (χ4v) is 2.16. The number of nitrogens with zero attached hydrogens (tertiary/aromatic N) is 1. The molecule has 0 bridgehead atoms. The van der Waals surface area contributed by atoms with Gasteiger partial charge in [-0.15, -0.1) is 6.42 Å². The zero-order valence-electron chi connectivity index (χ0n) is 12.7. The van der Waals surface area contributed by atoms with Gasteiger partial charge in [0.2, 0.25) is 0 Å². The summed E-state index contributed by atoms with van der Waals surface area (Å²) in [4.78, 5) is 34.9. The molecule has 2 rings (SSSR count). The molecule has 2 aromatic carbocycles. The van der Waals surface area contributed by atoms with E-state index in [9.17, 15) is 19.7 Å². The summed E-state index contributed by atoms with van der Waals surface area (Å²) in [7, 11) is 0. The van der Waals surface area contributed by atoms with Crippen molar-refractivity contribution in [2.45, 2.75) is 0 Å². The van der Waals surface area contributed by atoms with E-state index in [1.54, 1.807) is 12.1 Å². The molecular formula is C17H11ClN2O5. The first kappa shape index (κ1) is 18.0. The highest BCUT2D eigenvalue weighted by Gasteiger charge is 2.21. The molecule has 25 heavy (non-hydrogen) atoms.